The number of carbonyl (C=O) groups is 1. The number of amides is 1. The Morgan fingerprint density at radius 2 is 2.07 bits per heavy atom. The molecule has 1 aliphatic rings. The van der Waals surface area contributed by atoms with Gasteiger partial charge in [-0.1, -0.05) is 35.5 Å². The number of hydrogen-bond donors (Lipinski definition) is 0. The summed E-state index contributed by atoms with van der Waals surface area (Å²) < 4.78 is 5.31. The normalized spacial score (nSPS) is 14.0. The van der Waals surface area contributed by atoms with E-state index in [2.05, 4.69) is 27.6 Å². The fourth-order valence-electron chi connectivity index (χ4n) is 3.95. The van der Waals surface area contributed by atoms with Crippen LogP contribution in [0, 0.1) is 13.8 Å². The number of aromatic nitrogens is 1. The zero-order valence-corrected chi connectivity index (χ0v) is 18.1. The predicted molar refractivity (Wildman–Crippen MR) is 115 cm³/mol. The third-order valence-electron chi connectivity index (χ3n) is 5.70. The maximum atomic E-state index is 13.2. The molecule has 0 spiro atoms. The van der Waals surface area contributed by atoms with Crippen molar-refractivity contribution in [3.8, 4) is 0 Å². The van der Waals surface area contributed by atoms with Crippen LogP contribution >= 0.6 is 11.3 Å². The van der Waals surface area contributed by atoms with E-state index in [4.69, 9.17) is 4.52 Å². The summed E-state index contributed by atoms with van der Waals surface area (Å²) in [6, 6.07) is 10.2. The quantitative estimate of drug-likeness (QED) is 0.598. The summed E-state index contributed by atoms with van der Waals surface area (Å²) in [7, 11) is 0. The smallest absolute Gasteiger partial charge is 0.255 e. The molecule has 0 fully saturated rings. The highest BCUT2D eigenvalue weighted by atomic mass is 32.1. The van der Waals surface area contributed by atoms with Crippen LogP contribution in [0.3, 0.4) is 0 Å². The molecule has 1 amide bonds. The molecule has 0 saturated carbocycles. The molecule has 152 valence electrons. The molecule has 5 nitrogen and oxygen atoms in total. The lowest BCUT2D eigenvalue weighted by molar-refractivity contribution is 0.0751. The minimum Gasteiger partial charge on any atom is -0.361 e. The SMILES string of the molecule is CCN(Cc1ccccc1)C(=O)c1csc2c1CCN(Cc1c(C)noc1C)C2. The molecule has 0 N–H and O–H groups in total. The van der Waals surface area contributed by atoms with Gasteiger partial charge in [0.1, 0.15) is 5.76 Å². The molecule has 1 aromatic carbocycles. The highest BCUT2D eigenvalue weighted by Crippen LogP contribution is 2.31. The second kappa shape index (κ2) is 8.51. The Morgan fingerprint density at radius 1 is 1.28 bits per heavy atom. The monoisotopic (exact) mass is 409 g/mol. The van der Waals surface area contributed by atoms with Crippen LogP contribution in [0.4, 0.5) is 0 Å². The summed E-state index contributed by atoms with van der Waals surface area (Å²) in [4.78, 5) is 18.9. The molecule has 2 aromatic heterocycles. The second-order valence-corrected chi connectivity index (χ2v) is 8.58. The molecule has 3 aromatic rings. The third kappa shape index (κ3) is 4.14. The van der Waals surface area contributed by atoms with Gasteiger partial charge < -0.3 is 9.42 Å². The fraction of sp³-hybridized carbons (Fsp3) is 0.391. The molecule has 3 heterocycles. The van der Waals surface area contributed by atoms with Gasteiger partial charge in [-0.15, -0.1) is 11.3 Å². The van der Waals surface area contributed by atoms with Gasteiger partial charge in [-0.3, -0.25) is 9.69 Å². The maximum Gasteiger partial charge on any atom is 0.255 e. The van der Waals surface area contributed by atoms with E-state index in [1.54, 1.807) is 11.3 Å². The average molecular weight is 410 g/mol. The first kappa shape index (κ1) is 19.9. The molecule has 6 heteroatoms. The topological polar surface area (TPSA) is 49.6 Å². The van der Waals surface area contributed by atoms with Gasteiger partial charge in [-0.2, -0.15) is 0 Å². The van der Waals surface area contributed by atoms with Crippen LogP contribution in [0.25, 0.3) is 0 Å². The fourth-order valence-corrected chi connectivity index (χ4v) is 5.06. The number of thiophene rings is 1. The molecule has 0 atom stereocenters. The number of fused-ring (bicyclic) bond motifs is 1. The summed E-state index contributed by atoms with van der Waals surface area (Å²) in [5.41, 5.74) is 5.44. The Balaban J connectivity index is 1.48. The van der Waals surface area contributed by atoms with E-state index in [0.29, 0.717) is 13.1 Å². The van der Waals surface area contributed by atoms with Crippen LogP contribution in [0.1, 0.15) is 50.3 Å². The van der Waals surface area contributed by atoms with E-state index in [1.807, 2.05) is 43.9 Å². The van der Waals surface area contributed by atoms with E-state index < -0.39 is 0 Å². The molecule has 0 radical (unpaired) electrons. The van der Waals surface area contributed by atoms with E-state index >= 15 is 0 Å². The second-order valence-electron chi connectivity index (χ2n) is 7.62. The minimum atomic E-state index is 0.146. The molecular formula is C23H27N3O2S. The molecular weight excluding hydrogens is 382 g/mol. The summed E-state index contributed by atoms with van der Waals surface area (Å²) >= 11 is 1.71. The first-order valence-corrected chi connectivity index (χ1v) is 11.0. The van der Waals surface area contributed by atoms with Crippen LogP contribution in [0.15, 0.2) is 40.2 Å². The average Bonchev–Trinajstić information content (AvgIpc) is 3.30. The number of hydrogen-bond acceptors (Lipinski definition) is 5. The molecule has 0 bridgehead atoms. The van der Waals surface area contributed by atoms with Crippen LogP contribution in [0.5, 0.6) is 0 Å². The number of aryl methyl sites for hydroxylation is 2. The molecule has 4 rings (SSSR count). The van der Waals surface area contributed by atoms with Crippen molar-refractivity contribution in [2.24, 2.45) is 0 Å². The Kier molecular flexibility index (Phi) is 5.83. The van der Waals surface area contributed by atoms with Gasteiger partial charge in [-0.25, -0.2) is 0 Å². The lowest BCUT2D eigenvalue weighted by atomic mass is 10.0. The molecule has 1 aliphatic heterocycles. The Morgan fingerprint density at radius 3 is 2.76 bits per heavy atom. The predicted octanol–water partition coefficient (Wildman–Crippen LogP) is 4.57. The number of nitrogens with zero attached hydrogens (tertiary/aromatic N) is 3. The van der Waals surface area contributed by atoms with Crippen LogP contribution in [-0.4, -0.2) is 34.0 Å². The zero-order valence-electron chi connectivity index (χ0n) is 17.3. The molecule has 0 saturated heterocycles. The summed E-state index contributed by atoms with van der Waals surface area (Å²) in [6.45, 7) is 10.0. The summed E-state index contributed by atoms with van der Waals surface area (Å²) in [5, 5.41) is 6.12. The van der Waals surface area contributed by atoms with E-state index in [9.17, 15) is 4.79 Å². The van der Waals surface area contributed by atoms with E-state index in [0.717, 1.165) is 48.6 Å². The standard InChI is InChI=1S/C23H27N3O2S/c1-4-26(12-18-8-6-5-7-9-18)23(27)21-15-29-22-14-25(11-10-19(21)22)13-20-16(2)24-28-17(20)3/h5-9,15H,4,10-14H2,1-3H3. The van der Waals surface area contributed by atoms with Gasteiger partial charge in [0, 0.05) is 48.5 Å². The van der Waals surface area contributed by atoms with Crippen molar-refractivity contribution in [1.82, 2.24) is 15.0 Å². The van der Waals surface area contributed by atoms with Crippen molar-refractivity contribution >= 4 is 17.2 Å². The van der Waals surface area contributed by atoms with Crippen LogP contribution < -0.4 is 0 Å². The Hall–Kier alpha value is -2.44. The highest BCUT2D eigenvalue weighted by Gasteiger charge is 2.27. The lowest BCUT2D eigenvalue weighted by Crippen LogP contribution is -2.33. The largest absolute Gasteiger partial charge is 0.361 e. The zero-order chi connectivity index (χ0) is 20.4. The van der Waals surface area contributed by atoms with Gasteiger partial charge in [0.05, 0.1) is 11.3 Å². The molecule has 0 aliphatic carbocycles. The van der Waals surface area contributed by atoms with Gasteiger partial charge in [0.2, 0.25) is 0 Å². The number of rotatable bonds is 6. The van der Waals surface area contributed by atoms with Crippen LogP contribution in [-0.2, 0) is 26.1 Å². The van der Waals surface area contributed by atoms with Crippen molar-refractivity contribution in [3.63, 3.8) is 0 Å². The van der Waals surface area contributed by atoms with Gasteiger partial charge in [-0.05, 0) is 38.3 Å². The highest BCUT2D eigenvalue weighted by molar-refractivity contribution is 7.10. The number of carbonyl (C=O) groups excluding carboxylic acids is 1. The van der Waals surface area contributed by atoms with Crippen molar-refractivity contribution in [2.45, 2.75) is 46.8 Å². The maximum absolute atomic E-state index is 13.2. The van der Waals surface area contributed by atoms with Gasteiger partial charge >= 0.3 is 0 Å². The minimum absolute atomic E-state index is 0.146. The molecule has 0 unspecified atom stereocenters. The van der Waals surface area contributed by atoms with E-state index in [1.165, 1.54) is 16.0 Å². The Labute approximate surface area is 175 Å². The van der Waals surface area contributed by atoms with Gasteiger partial charge in [0.25, 0.3) is 5.91 Å². The van der Waals surface area contributed by atoms with Gasteiger partial charge in [0.15, 0.2) is 0 Å². The number of benzene rings is 1. The first-order valence-electron chi connectivity index (χ1n) is 10.1. The first-order chi connectivity index (χ1) is 14.1. The summed E-state index contributed by atoms with van der Waals surface area (Å²) in [5.74, 6) is 1.04. The lowest BCUT2D eigenvalue weighted by Gasteiger charge is -2.28. The van der Waals surface area contributed by atoms with Crippen molar-refractivity contribution < 1.29 is 9.32 Å². The third-order valence-corrected chi connectivity index (χ3v) is 6.72. The summed E-state index contributed by atoms with van der Waals surface area (Å²) in [6.07, 6.45) is 0.909. The van der Waals surface area contributed by atoms with Crippen molar-refractivity contribution in [2.75, 3.05) is 13.1 Å². The van der Waals surface area contributed by atoms with Crippen LogP contribution in [0.2, 0.25) is 0 Å². The van der Waals surface area contributed by atoms with Crippen molar-refractivity contribution in [3.05, 3.63) is 74.3 Å². The Bertz CT molecular complexity index is 973. The molecule has 29 heavy (non-hydrogen) atoms. The van der Waals surface area contributed by atoms with Crippen molar-refractivity contribution in [1.29, 1.82) is 0 Å². The van der Waals surface area contributed by atoms with E-state index in [-0.39, 0.29) is 5.91 Å².